The Morgan fingerprint density at radius 2 is 1.53 bits per heavy atom. The molecule has 36 heavy (non-hydrogen) atoms. The lowest BCUT2D eigenvalue weighted by atomic mass is 10.0. The van der Waals surface area contributed by atoms with Crippen LogP contribution in [0.2, 0.25) is 0 Å². The van der Waals surface area contributed by atoms with E-state index in [9.17, 15) is 4.79 Å². The molecule has 6 heteroatoms. The minimum Gasteiger partial charge on any atom is -0.493 e. The molecule has 0 fully saturated rings. The van der Waals surface area contributed by atoms with Crippen LogP contribution in [0.25, 0.3) is 0 Å². The fourth-order valence-electron chi connectivity index (χ4n) is 4.39. The number of hydrogen-bond acceptors (Lipinski definition) is 5. The van der Waals surface area contributed by atoms with Crippen molar-refractivity contribution in [2.45, 2.75) is 45.6 Å². The quantitative estimate of drug-likeness (QED) is 0.290. The van der Waals surface area contributed by atoms with Crippen LogP contribution in [0.5, 0.6) is 23.0 Å². The Hall–Kier alpha value is -3.67. The van der Waals surface area contributed by atoms with Crippen molar-refractivity contribution in [3.63, 3.8) is 0 Å². The summed E-state index contributed by atoms with van der Waals surface area (Å²) >= 11 is 0. The van der Waals surface area contributed by atoms with Gasteiger partial charge in [0.25, 0.3) is 5.91 Å². The van der Waals surface area contributed by atoms with Crippen LogP contribution in [0.4, 0.5) is 0 Å². The third kappa shape index (κ3) is 6.30. The maximum Gasteiger partial charge on any atom is 0.254 e. The highest BCUT2D eigenvalue weighted by Gasteiger charge is 2.19. The van der Waals surface area contributed by atoms with Gasteiger partial charge in [0.2, 0.25) is 6.79 Å². The van der Waals surface area contributed by atoms with Crippen LogP contribution >= 0.6 is 0 Å². The zero-order valence-electron chi connectivity index (χ0n) is 21.4. The first-order valence-electron chi connectivity index (χ1n) is 12.6. The van der Waals surface area contributed by atoms with E-state index < -0.39 is 0 Å². The maximum absolute atomic E-state index is 13.6. The number of hydrogen-bond donors (Lipinski definition) is 0. The topological polar surface area (TPSA) is 57.2 Å². The van der Waals surface area contributed by atoms with Crippen LogP contribution in [-0.2, 0) is 19.4 Å². The van der Waals surface area contributed by atoms with Gasteiger partial charge in [-0.05, 0) is 72.4 Å². The molecule has 3 aromatic rings. The minimum absolute atomic E-state index is 0.00764. The molecule has 190 valence electrons. The summed E-state index contributed by atoms with van der Waals surface area (Å²) in [6.07, 6.45) is 5.32. The number of amides is 1. The number of rotatable bonds is 12. The molecule has 0 saturated heterocycles. The van der Waals surface area contributed by atoms with Crippen LogP contribution < -0.4 is 18.9 Å². The molecule has 0 saturated carbocycles. The molecule has 3 aromatic carbocycles. The Morgan fingerprint density at radius 3 is 2.28 bits per heavy atom. The summed E-state index contributed by atoms with van der Waals surface area (Å²) in [6.45, 7) is 3.46. The monoisotopic (exact) mass is 489 g/mol. The molecule has 1 amide bonds. The molecule has 1 aliphatic rings. The van der Waals surface area contributed by atoms with Gasteiger partial charge >= 0.3 is 0 Å². The van der Waals surface area contributed by atoms with Crippen molar-refractivity contribution in [1.29, 1.82) is 0 Å². The normalized spacial score (nSPS) is 11.9. The fourth-order valence-corrected chi connectivity index (χ4v) is 4.39. The van der Waals surface area contributed by atoms with E-state index in [1.807, 2.05) is 53.4 Å². The van der Waals surface area contributed by atoms with Crippen LogP contribution in [-0.4, -0.2) is 38.4 Å². The first kappa shape index (κ1) is 25.4. The SMILES string of the molecule is CCCCCc1ccc(C(=O)N(CCc2ccc(OC)c(OC)c2)Cc2ccc3c(c2)OCO3)cc1. The number of carbonyl (C=O) groups is 1. The minimum atomic E-state index is 0.00764. The summed E-state index contributed by atoms with van der Waals surface area (Å²) in [5, 5.41) is 0. The molecule has 0 N–H and O–H groups in total. The molecule has 4 rings (SSSR count). The second-order valence-electron chi connectivity index (χ2n) is 9.01. The van der Waals surface area contributed by atoms with E-state index in [2.05, 4.69) is 19.1 Å². The lowest BCUT2D eigenvalue weighted by molar-refractivity contribution is 0.0745. The average Bonchev–Trinajstić information content (AvgIpc) is 3.39. The molecule has 1 aliphatic heterocycles. The molecule has 0 atom stereocenters. The van der Waals surface area contributed by atoms with Gasteiger partial charge in [-0.25, -0.2) is 0 Å². The molecule has 1 heterocycles. The Balaban J connectivity index is 1.51. The molecule has 0 aliphatic carbocycles. The van der Waals surface area contributed by atoms with Gasteiger partial charge in [0.15, 0.2) is 23.0 Å². The van der Waals surface area contributed by atoms with E-state index in [4.69, 9.17) is 18.9 Å². The highest BCUT2D eigenvalue weighted by molar-refractivity contribution is 5.94. The molecule has 0 spiro atoms. The number of aryl methyl sites for hydroxylation is 1. The number of benzene rings is 3. The van der Waals surface area contributed by atoms with E-state index in [1.54, 1.807) is 14.2 Å². The van der Waals surface area contributed by atoms with Crippen molar-refractivity contribution in [1.82, 2.24) is 4.90 Å². The third-order valence-electron chi connectivity index (χ3n) is 6.49. The molecule has 0 bridgehead atoms. The second kappa shape index (κ2) is 12.3. The van der Waals surface area contributed by atoms with Crippen LogP contribution in [0.3, 0.4) is 0 Å². The summed E-state index contributed by atoms with van der Waals surface area (Å²) in [4.78, 5) is 15.5. The molecule has 0 radical (unpaired) electrons. The highest BCUT2D eigenvalue weighted by atomic mass is 16.7. The van der Waals surface area contributed by atoms with E-state index in [-0.39, 0.29) is 12.7 Å². The van der Waals surface area contributed by atoms with E-state index in [0.29, 0.717) is 36.6 Å². The van der Waals surface area contributed by atoms with Gasteiger partial charge in [-0.1, -0.05) is 44.0 Å². The van der Waals surface area contributed by atoms with Gasteiger partial charge in [-0.15, -0.1) is 0 Å². The van der Waals surface area contributed by atoms with Gasteiger partial charge in [0.1, 0.15) is 0 Å². The number of carbonyl (C=O) groups excluding carboxylic acids is 1. The lowest BCUT2D eigenvalue weighted by Gasteiger charge is -2.24. The lowest BCUT2D eigenvalue weighted by Crippen LogP contribution is -2.32. The van der Waals surface area contributed by atoms with Crippen molar-refractivity contribution in [2.75, 3.05) is 27.6 Å². The zero-order chi connectivity index (χ0) is 25.3. The number of methoxy groups -OCH3 is 2. The predicted molar refractivity (Wildman–Crippen MR) is 140 cm³/mol. The van der Waals surface area contributed by atoms with Crippen molar-refractivity contribution < 1.29 is 23.7 Å². The number of nitrogens with zero attached hydrogens (tertiary/aromatic N) is 1. The zero-order valence-corrected chi connectivity index (χ0v) is 21.4. The first-order valence-corrected chi connectivity index (χ1v) is 12.6. The Kier molecular flexibility index (Phi) is 8.71. The summed E-state index contributed by atoms with van der Waals surface area (Å²) in [6, 6.07) is 19.8. The number of ether oxygens (including phenoxy) is 4. The summed E-state index contributed by atoms with van der Waals surface area (Å²) in [5.41, 5.74) is 4.04. The summed E-state index contributed by atoms with van der Waals surface area (Å²) in [7, 11) is 3.25. The number of fused-ring (bicyclic) bond motifs is 1. The van der Waals surface area contributed by atoms with E-state index in [1.165, 1.54) is 24.8 Å². The molecular formula is C30H35NO5. The summed E-state index contributed by atoms with van der Waals surface area (Å²) < 4.78 is 21.8. The van der Waals surface area contributed by atoms with Gasteiger partial charge in [-0.2, -0.15) is 0 Å². The molecule has 6 nitrogen and oxygen atoms in total. The highest BCUT2D eigenvalue weighted by Crippen LogP contribution is 2.33. The third-order valence-corrected chi connectivity index (χ3v) is 6.49. The smallest absolute Gasteiger partial charge is 0.254 e. The van der Waals surface area contributed by atoms with Crippen molar-refractivity contribution in [3.8, 4) is 23.0 Å². The molecule has 0 aromatic heterocycles. The van der Waals surface area contributed by atoms with Gasteiger partial charge in [0.05, 0.1) is 14.2 Å². The van der Waals surface area contributed by atoms with Crippen LogP contribution in [0.1, 0.15) is 53.2 Å². The fraction of sp³-hybridized carbons (Fsp3) is 0.367. The van der Waals surface area contributed by atoms with Gasteiger partial charge < -0.3 is 23.8 Å². The van der Waals surface area contributed by atoms with Crippen LogP contribution in [0.15, 0.2) is 60.7 Å². The van der Waals surface area contributed by atoms with Crippen molar-refractivity contribution in [2.24, 2.45) is 0 Å². The van der Waals surface area contributed by atoms with Crippen LogP contribution in [0, 0.1) is 0 Å². The Labute approximate surface area is 213 Å². The van der Waals surface area contributed by atoms with Crippen molar-refractivity contribution >= 4 is 5.91 Å². The van der Waals surface area contributed by atoms with Crippen molar-refractivity contribution in [3.05, 3.63) is 82.9 Å². The molecular weight excluding hydrogens is 454 g/mol. The first-order chi connectivity index (χ1) is 17.6. The van der Waals surface area contributed by atoms with Gasteiger partial charge in [-0.3, -0.25) is 4.79 Å². The standard InChI is InChI=1S/C30H35NO5/c1-4-5-6-7-22-8-12-25(13-9-22)30(32)31(20-24-11-15-27-29(19-24)36-21-35-27)17-16-23-10-14-26(33-2)28(18-23)34-3/h8-15,18-19H,4-7,16-17,20-21H2,1-3H3. The second-order valence-corrected chi connectivity index (χ2v) is 9.01. The average molecular weight is 490 g/mol. The maximum atomic E-state index is 13.6. The summed E-state index contributed by atoms with van der Waals surface area (Å²) in [5.74, 6) is 2.83. The van der Waals surface area contributed by atoms with E-state index in [0.717, 1.165) is 29.0 Å². The Morgan fingerprint density at radius 1 is 0.806 bits per heavy atom. The molecule has 0 unspecified atom stereocenters. The van der Waals surface area contributed by atoms with Gasteiger partial charge in [0, 0.05) is 18.7 Å². The van der Waals surface area contributed by atoms with E-state index >= 15 is 0 Å². The predicted octanol–water partition coefficient (Wildman–Crippen LogP) is 6.05. The largest absolute Gasteiger partial charge is 0.493 e. The number of unbranched alkanes of at least 4 members (excludes halogenated alkanes) is 2. The Bertz CT molecular complexity index is 1160.